The van der Waals surface area contributed by atoms with Crippen molar-refractivity contribution in [2.45, 2.75) is 44.7 Å². The number of nitrogens with zero attached hydrogens (tertiary/aromatic N) is 3. The van der Waals surface area contributed by atoms with E-state index in [1.54, 1.807) is 37.3 Å². The number of nitrogens with one attached hydrogen (secondary N) is 1. The van der Waals surface area contributed by atoms with E-state index in [9.17, 15) is 28.1 Å². The van der Waals surface area contributed by atoms with E-state index in [0.717, 1.165) is 20.4 Å². The van der Waals surface area contributed by atoms with Gasteiger partial charge in [0.1, 0.15) is 18.3 Å². The van der Waals surface area contributed by atoms with E-state index in [-0.39, 0.29) is 34.3 Å². The number of carbonyl (C=O) groups excluding carboxylic acids is 2. The Morgan fingerprint density at radius 2 is 1.79 bits per heavy atom. The second-order valence-corrected chi connectivity index (χ2v) is 12.3. The summed E-state index contributed by atoms with van der Waals surface area (Å²) in [5, 5.41) is 14.4. The molecule has 0 saturated carbocycles. The molecule has 42 heavy (non-hydrogen) atoms. The molecule has 3 rings (SSSR count). The maximum absolute atomic E-state index is 14.0. The van der Waals surface area contributed by atoms with Gasteiger partial charge in [0, 0.05) is 29.2 Å². The van der Waals surface area contributed by atoms with Crippen LogP contribution in [-0.4, -0.2) is 56.3 Å². The van der Waals surface area contributed by atoms with Gasteiger partial charge in [0.25, 0.3) is 15.7 Å². The Balaban J connectivity index is 2.08. The van der Waals surface area contributed by atoms with Crippen molar-refractivity contribution in [2.75, 3.05) is 24.5 Å². The average molecular weight is 662 g/mol. The van der Waals surface area contributed by atoms with Gasteiger partial charge in [0.15, 0.2) is 0 Å². The van der Waals surface area contributed by atoms with E-state index in [1.807, 2.05) is 13.0 Å². The van der Waals surface area contributed by atoms with Gasteiger partial charge in [-0.2, -0.15) is 0 Å². The van der Waals surface area contributed by atoms with E-state index in [1.165, 1.54) is 43.2 Å². The molecule has 2 amide bonds. The zero-order valence-corrected chi connectivity index (χ0v) is 26.1. The first-order chi connectivity index (χ1) is 19.9. The largest absolute Gasteiger partial charge is 0.497 e. The van der Waals surface area contributed by atoms with E-state index < -0.39 is 33.4 Å². The number of rotatable bonds is 13. The third-order valence-electron chi connectivity index (χ3n) is 6.56. The lowest BCUT2D eigenvalue weighted by atomic mass is 10.1. The summed E-state index contributed by atoms with van der Waals surface area (Å²) in [5.74, 6) is -0.561. The molecule has 0 aromatic heterocycles. The maximum Gasteiger partial charge on any atom is 0.273 e. The van der Waals surface area contributed by atoms with Crippen molar-refractivity contribution < 1.29 is 27.7 Å². The molecule has 0 spiro atoms. The third kappa shape index (κ3) is 7.85. The molecule has 0 saturated heterocycles. The highest BCUT2D eigenvalue weighted by Gasteiger charge is 2.33. The zero-order valence-electron chi connectivity index (χ0n) is 23.7. The fraction of sp³-hybridized carbons (Fsp3) is 0.310. The van der Waals surface area contributed by atoms with Crippen LogP contribution in [0, 0.1) is 17.0 Å². The Hall–Kier alpha value is -3.97. The predicted molar refractivity (Wildman–Crippen MR) is 163 cm³/mol. The molecule has 0 fully saturated rings. The number of sulfonamides is 1. The van der Waals surface area contributed by atoms with Gasteiger partial charge in [-0.05, 0) is 68.3 Å². The molecule has 11 nitrogen and oxygen atoms in total. The molecule has 0 unspecified atom stereocenters. The molecule has 3 aromatic rings. The molecule has 224 valence electrons. The van der Waals surface area contributed by atoms with Gasteiger partial charge >= 0.3 is 0 Å². The van der Waals surface area contributed by atoms with Crippen LogP contribution in [0.3, 0.4) is 0 Å². The number of nitro benzene ring substituents is 1. The van der Waals surface area contributed by atoms with Gasteiger partial charge in [0.05, 0.1) is 22.6 Å². The van der Waals surface area contributed by atoms with Crippen LogP contribution in [0.5, 0.6) is 5.75 Å². The second kappa shape index (κ2) is 14.3. The molecular formula is C29H33BrN4O7S. The maximum atomic E-state index is 14.0. The smallest absolute Gasteiger partial charge is 0.273 e. The first-order valence-corrected chi connectivity index (χ1v) is 15.4. The summed E-state index contributed by atoms with van der Waals surface area (Å²) in [5.41, 5.74) is 0.784. The summed E-state index contributed by atoms with van der Waals surface area (Å²) in [6.45, 7) is 4.77. The van der Waals surface area contributed by atoms with Crippen molar-refractivity contribution in [1.82, 2.24) is 10.2 Å². The quantitative estimate of drug-likeness (QED) is 0.205. The minimum atomic E-state index is -4.48. The van der Waals surface area contributed by atoms with E-state index in [0.29, 0.717) is 18.7 Å². The summed E-state index contributed by atoms with van der Waals surface area (Å²) in [6.07, 6.45) is 0.699. The second-order valence-electron chi connectivity index (χ2n) is 9.53. The van der Waals surface area contributed by atoms with Crippen molar-refractivity contribution in [2.24, 2.45) is 0 Å². The number of aryl methyl sites for hydroxylation is 1. The lowest BCUT2D eigenvalue weighted by Gasteiger charge is -2.32. The molecule has 0 aliphatic carbocycles. The number of halogens is 1. The monoisotopic (exact) mass is 660 g/mol. The summed E-state index contributed by atoms with van der Waals surface area (Å²) in [7, 11) is -3.02. The number of nitro groups is 1. The lowest BCUT2D eigenvalue weighted by Crippen LogP contribution is -2.51. The van der Waals surface area contributed by atoms with Crippen LogP contribution in [0.1, 0.15) is 31.4 Å². The van der Waals surface area contributed by atoms with Gasteiger partial charge in [-0.15, -0.1) is 0 Å². The van der Waals surface area contributed by atoms with Gasteiger partial charge in [0.2, 0.25) is 11.8 Å². The standard InChI is InChI=1S/C29H33BrN4O7S/c1-5-15-31-29(36)21(3)32(18-22-7-6-8-23(30)16-22)28(35)19-33(24-10-12-25(41-4)13-11-24)42(39,40)26-14-9-20(2)27(17-26)34(37)38/h6-14,16-17,21H,5,15,18-19H2,1-4H3,(H,31,36)/t21-/m0/s1. The molecular weight excluding hydrogens is 628 g/mol. The fourth-order valence-electron chi connectivity index (χ4n) is 4.16. The molecule has 13 heteroatoms. The van der Waals surface area contributed by atoms with Crippen LogP contribution < -0.4 is 14.4 Å². The van der Waals surface area contributed by atoms with Crippen molar-refractivity contribution in [3.63, 3.8) is 0 Å². The van der Waals surface area contributed by atoms with Crippen LogP contribution >= 0.6 is 15.9 Å². The van der Waals surface area contributed by atoms with Crippen LogP contribution in [0.2, 0.25) is 0 Å². The van der Waals surface area contributed by atoms with Crippen molar-refractivity contribution in [3.05, 3.63) is 92.4 Å². The highest BCUT2D eigenvalue weighted by molar-refractivity contribution is 9.10. The molecule has 0 aliphatic rings. The Bertz CT molecular complexity index is 1550. The lowest BCUT2D eigenvalue weighted by molar-refractivity contribution is -0.385. The van der Waals surface area contributed by atoms with Gasteiger partial charge in [-0.25, -0.2) is 8.42 Å². The van der Waals surface area contributed by atoms with Crippen LogP contribution in [0.15, 0.2) is 76.1 Å². The number of amides is 2. The number of hydrogen-bond donors (Lipinski definition) is 1. The first kappa shape index (κ1) is 32.5. The minimum Gasteiger partial charge on any atom is -0.497 e. The zero-order chi connectivity index (χ0) is 31.0. The van der Waals surface area contributed by atoms with E-state index in [4.69, 9.17) is 4.74 Å². The van der Waals surface area contributed by atoms with Crippen LogP contribution in [0.25, 0.3) is 0 Å². The number of ether oxygens (including phenoxy) is 1. The Morgan fingerprint density at radius 1 is 1.10 bits per heavy atom. The number of hydrogen-bond acceptors (Lipinski definition) is 7. The molecule has 0 bridgehead atoms. The van der Waals surface area contributed by atoms with E-state index >= 15 is 0 Å². The molecule has 1 N–H and O–H groups in total. The van der Waals surface area contributed by atoms with E-state index in [2.05, 4.69) is 21.2 Å². The number of anilines is 1. The number of methoxy groups -OCH3 is 1. The van der Waals surface area contributed by atoms with Crippen LogP contribution in [-0.2, 0) is 26.2 Å². The fourth-order valence-corrected chi connectivity index (χ4v) is 6.04. The molecule has 0 heterocycles. The van der Waals surface area contributed by atoms with Crippen LogP contribution in [0.4, 0.5) is 11.4 Å². The van der Waals surface area contributed by atoms with Gasteiger partial charge < -0.3 is 15.0 Å². The van der Waals surface area contributed by atoms with Crippen molar-refractivity contribution in [1.29, 1.82) is 0 Å². The Morgan fingerprint density at radius 3 is 2.38 bits per heavy atom. The topological polar surface area (TPSA) is 139 Å². The molecule has 1 atom stereocenters. The molecule has 3 aromatic carbocycles. The number of carbonyl (C=O) groups is 2. The van der Waals surface area contributed by atoms with Gasteiger partial charge in [-0.1, -0.05) is 41.1 Å². The molecule has 0 aliphatic heterocycles. The minimum absolute atomic E-state index is 0.0332. The summed E-state index contributed by atoms with van der Waals surface area (Å²) < 4.78 is 34.8. The summed E-state index contributed by atoms with van der Waals surface area (Å²) in [4.78, 5) is 38.8. The highest BCUT2D eigenvalue weighted by atomic mass is 79.9. The van der Waals surface area contributed by atoms with Crippen molar-refractivity contribution in [3.8, 4) is 5.75 Å². The van der Waals surface area contributed by atoms with Gasteiger partial charge in [-0.3, -0.25) is 24.0 Å². The number of benzene rings is 3. The average Bonchev–Trinajstić information content (AvgIpc) is 2.96. The first-order valence-electron chi connectivity index (χ1n) is 13.1. The molecule has 0 radical (unpaired) electrons. The Labute approximate surface area is 253 Å². The predicted octanol–water partition coefficient (Wildman–Crippen LogP) is 4.81. The SMILES string of the molecule is CCCNC(=O)[C@H](C)N(Cc1cccc(Br)c1)C(=O)CN(c1ccc(OC)cc1)S(=O)(=O)c1ccc(C)c([N+](=O)[O-])c1. The third-order valence-corrected chi connectivity index (χ3v) is 8.83. The van der Waals surface area contributed by atoms with Crippen molar-refractivity contribution >= 4 is 49.1 Å². The highest BCUT2D eigenvalue weighted by Crippen LogP contribution is 2.29. The normalized spacial score (nSPS) is 11.8. The Kier molecular flexibility index (Phi) is 11.1. The summed E-state index contributed by atoms with van der Waals surface area (Å²) >= 11 is 3.42. The summed E-state index contributed by atoms with van der Waals surface area (Å²) in [6, 6.07) is 15.9.